The third-order valence-corrected chi connectivity index (χ3v) is 2.40. The largest absolute Gasteiger partial charge is 0.294 e. The smallest absolute Gasteiger partial charge is 0.234 e. The zero-order valence-corrected chi connectivity index (χ0v) is 9.28. The van der Waals surface area contributed by atoms with Crippen LogP contribution in [0.1, 0.15) is 0 Å². The molecule has 0 radical (unpaired) electrons. The van der Waals surface area contributed by atoms with Gasteiger partial charge in [0.05, 0.1) is 0 Å². The van der Waals surface area contributed by atoms with Crippen molar-refractivity contribution in [3.63, 3.8) is 0 Å². The molecule has 62 valence electrons. The van der Waals surface area contributed by atoms with Crippen molar-refractivity contribution in [1.82, 2.24) is 4.31 Å². The number of rotatable bonds is 5. The van der Waals surface area contributed by atoms with Crippen molar-refractivity contribution in [2.24, 2.45) is 0 Å². The van der Waals surface area contributed by atoms with Crippen LogP contribution in [-0.4, -0.2) is 36.8 Å². The molecule has 0 rings (SSSR count). The molecule has 0 fully saturated rings. The lowest BCUT2D eigenvalue weighted by atomic mass is 10.7. The van der Waals surface area contributed by atoms with E-state index in [1.54, 1.807) is 0 Å². The molecular weight excluding hydrogens is 286 g/mol. The summed E-state index contributed by atoms with van der Waals surface area (Å²) in [4.78, 5) is 0. The van der Waals surface area contributed by atoms with Crippen molar-refractivity contribution in [1.29, 1.82) is 0 Å². The molecular formula is C4H9Br2NO2S. The van der Waals surface area contributed by atoms with E-state index >= 15 is 0 Å². The Kier molecular flexibility index (Phi) is 7.41. The molecule has 3 nitrogen and oxygen atoms in total. The molecule has 1 unspecified atom stereocenters. The van der Waals surface area contributed by atoms with E-state index in [0.29, 0.717) is 23.7 Å². The normalized spacial score (nSPS) is 14.0. The van der Waals surface area contributed by atoms with Crippen LogP contribution < -0.4 is 0 Å². The Morgan fingerprint density at radius 3 is 1.90 bits per heavy atom. The molecule has 0 aliphatic carbocycles. The van der Waals surface area contributed by atoms with Gasteiger partial charge >= 0.3 is 0 Å². The van der Waals surface area contributed by atoms with Gasteiger partial charge in [0.25, 0.3) is 0 Å². The second-order valence-electron chi connectivity index (χ2n) is 1.54. The van der Waals surface area contributed by atoms with Gasteiger partial charge in [-0.25, -0.2) is 4.21 Å². The second kappa shape index (κ2) is 6.72. The highest BCUT2D eigenvalue weighted by atomic mass is 79.9. The third kappa shape index (κ3) is 4.79. The van der Waals surface area contributed by atoms with Crippen molar-refractivity contribution >= 4 is 43.1 Å². The number of hydrogen-bond acceptors (Lipinski definition) is 1. The van der Waals surface area contributed by atoms with Crippen LogP contribution in [-0.2, 0) is 11.3 Å². The molecule has 0 heterocycles. The molecule has 0 bridgehead atoms. The summed E-state index contributed by atoms with van der Waals surface area (Å²) in [5.74, 6) is 0. The van der Waals surface area contributed by atoms with Crippen molar-refractivity contribution in [2.45, 2.75) is 0 Å². The molecule has 0 saturated heterocycles. The lowest BCUT2D eigenvalue weighted by Gasteiger charge is -2.13. The Morgan fingerprint density at radius 2 is 1.70 bits per heavy atom. The minimum absolute atomic E-state index is 0.592. The van der Waals surface area contributed by atoms with Gasteiger partial charge in [-0.1, -0.05) is 31.9 Å². The maximum absolute atomic E-state index is 10.5. The van der Waals surface area contributed by atoms with Crippen LogP contribution in [0.3, 0.4) is 0 Å². The SMILES string of the molecule is O=S(O)N(CCBr)CCBr. The van der Waals surface area contributed by atoms with Gasteiger partial charge < -0.3 is 0 Å². The monoisotopic (exact) mass is 293 g/mol. The fourth-order valence-electron chi connectivity index (χ4n) is 0.457. The average molecular weight is 295 g/mol. The fourth-order valence-corrected chi connectivity index (χ4v) is 2.28. The first kappa shape index (κ1) is 11.0. The van der Waals surface area contributed by atoms with Gasteiger partial charge in [-0.3, -0.25) is 4.55 Å². The standard InChI is InChI=1S/C4H9Br2NO2S/c5-1-3-7(4-2-6)10(8)9/h1-4H2,(H,8,9). The average Bonchev–Trinajstić information content (AvgIpc) is 1.87. The lowest BCUT2D eigenvalue weighted by Crippen LogP contribution is -2.29. The second-order valence-corrected chi connectivity index (χ2v) is 4.10. The van der Waals surface area contributed by atoms with Crippen LogP contribution in [0.5, 0.6) is 0 Å². The van der Waals surface area contributed by atoms with Gasteiger partial charge in [0.15, 0.2) is 0 Å². The van der Waals surface area contributed by atoms with Crippen molar-refractivity contribution in [2.75, 3.05) is 23.7 Å². The Morgan fingerprint density at radius 1 is 1.30 bits per heavy atom. The van der Waals surface area contributed by atoms with E-state index in [2.05, 4.69) is 31.9 Å². The van der Waals surface area contributed by atoms with E-state index in [1.807, 2.05) is 0 Å². The maximum atomic E-state index is 10.5. The van der Waals surface area contributed by atoms with Crippen LogP contribution in [0.25, 0.3) is 0 Å². The summed E-state index contributed by atoms with van der Waals surface area (Å²) in [6.07, 6.45) is 0. The molecule has 0 amide bonds. The first-order valence-corrected chi connectivity index (χ1v) is 6.01. The minimum Gasteiger partial charge on any atom is -0.294 e. The van der Waals surface area contributed by atoms with E-state index in [9.17, 15) is 4.21 Å². The summed E-state index contributed by atoms with van der Waals surface area (Å²) in [6, 6.07) is 0. The number of nitrogens with zero attached hydrogens (tertiary/aromatic N) is 1. The molecule has 0 aliphatic heterocycles. The van der Waals surface area contributed by atoms with Crippen molar-refractivity contribution in [3.05, 3.63) is 0 Å². The zero-order valence-electron chi connectivity index (χ0n) is 5.30. The summed E-state index contributed by atoms with van der Waals surface area (Å²) in [6.45, 7) is 1.18. The maximum Gasteiger partial charge on any atom is 0.234 e. The molecule has 0 aliphatic rings. The summed E-state index contributed by atoms with van der Waals surface area (Å²) < 4.78 is 20.6. The fraction of sp³-hybridized carbons (Fsp3) is 1.00. The van der Waals surface area contributed by atoms with Gasteiger partial charge in [-0.15, -0.1) is 0 Å². The van der Waals surface area contributed by atoms with Crippen LogP contribution in [0.15, 0.2) is 0 Å². The first-order chi connectivity index (χ1) is 4.72. The van der Waals surface area contributed by atoms with Crippen LogP contribution in [0.4, 0.5) is 0 Å². The Bertz CT molecular complexity index is 107. The van der Waals surface area contributed by atoms with E-state index < -0.39 is 11.3 Å². The highest BCUT2D eigenvalue weighted by molar-refractivity contribution is 9.09. The molecule has 6 heteroatoms. The number of halogens is 2. The summed E-state index contributed by atoms with van der Waals surface area (Å²) in [7, 11) is 0. The molecule has 10 heavy (non-hydrogen) atoms. The molecule has 0 spiro atoms. The van der Waals surface area contributed by atoms with Crippen LogP contribution in [0.2, 0.25) is 0 Å². The summed E-state index contributed by atoms with van der Waals surface area (Å²) in [5, 5.41) is 1.43. The Hall–Kier alpha value is 1.03. The van der Waals surface area contributed by atoms with Crippen molar-refractivity contribution in [3.8, 4) is 0 Å². The van der Waals surface area contributed by atoms with Crippen LogP contribution >= 0.6 is 31.9 Å². The number of hydrogen-bond donors (Lipinski definition) is 1. The Balaban J connectivity index is 3.61. The minimum atomic E-state index is -1.83. The van der Waals surface area contributed by atoms with Gasteiger partial charge in [0.2, 0.25) is 11.3 Å². The molecule has 1 atom stereocenters. The molecule has 0 aromatic heterocycles. The van der Waals surface area contributed by atoms with Gasteiger partial charge in [-0.05, 0) is 0 Å². The van der Waals surface area contributed by atoms with E-state index in [-0.39, 0.29) is 0 Å². The highest BCUT2D eigenvalue weighted by Crippen LogP contribution is 1.95. The molecule has 0 saturated carbocycles. The van der Waals surface area contributed by atoms with Gasteiger partial charge in [-0.2, -0.15) is 4.31 Å². The van der Waals surface area contributed by atoms with E-state index in [0.717, 1.165) is 0 Å². The lowest BCUT2D eigenvalue weighted by molar-refractivity contribution is 0.432. The highest BCUT2D eigenvalue weighted by Gasteiger charge is 2.07. The first-order valence-electron chi connectivity index (χ1n) is 2.70. The molecule has 0 aromatic carbocycles. The van der Waals surface area contributed by atoms with E-state index in [1.165, 1.54) is 4.31 Å². The Labute approximate surface area is 79.8 Å². The predicted octanol–water partition coefficient (Wildman–Crippen LogP) is 1.21. The molecule has 0 aromatic rings. The van der Waals surface area contributed by atoms with Gasteiger partial charge in [0, 0.05) is 23.7 Å². The predicted molar refractivity (Wildman–Crippen MR) is 49.9 cm³/mol. The quantitative estimate of drug-likeness (QED) is 0.612. The third-order valence-electron chi connectivity index (χ3n) is 0.889. The van der Waals surface area contributed by atoms with Crippen molar-refractivity contribution < 1.29 is 8.76 Å². The van der Waals surface area contributed by atoms with Crippen LogP contribution in [0, 0.1) is 0 Å². The molecule has 1 N–H and O–H groups in total. The zero-order chi connectivity index (χ0) is 7.98. The van der Waals surface area contributed by atoms with Gasteiger partial charge in [0.1, 0.15) is 0 Å². The summed E-state index contributed by atoms with van der Waals surface area (Å²) in [5.41, 5.74) is 0. The summed E-state index contributed by atoms with van der Waals surface area (Å²) >= 11 is 4.54. The van der Waals surface area contributed by atoms with E-state index in [4.69, 9.17) is 4.55 Å². The number of alkyl halides is 2. The topological polar surface area (TPSA) is 40.5 Å².